The molecule has 1 saturated heterocycles. The average molecular weight is 315 g/mol. The Kier molecular flexibility index (Phi) is 5.43. The van der Waals surface area contributed by atoms with Gasteiger partial charge >= 0.3 is 0 Å². The van der Waals surface area contributed by atoms with Crippen molar-refractivity contribution in [3.63, 3.8) is 0 Å². The molecule has 1 unspecified atom stereocenters. The van der Waals surface area contributed by atoms with Gasteiger partial charge in [-0.05, 0) is 38.1 Å². The summed E-state index contributed by atoms with van der Waals surface area (Å²) >= 11 is 0. The van der Waals surface area contributed by atoms with Crippen LogP contribution in [0.2, 0.25) is 0 Å². The maximum Gasteiger partial charge on any atom is 0.273 e. The normalized spacial score (nSPS) is 20.5. The van der Waals surface area contributed by atoms with Crippen molar-refractivity contribution >= 4 is 10.0 Å². The van der Waals surface area contributed by atoms with Crippen molar-refractivity contribution in [3.8, 4) is 0 Å². The lowest BCUT2D eigenvalue weighted by Gasteiger charge is -2.11. The third-order valence-electron chi connectivity index (χ3n) is 3.64. The molecule has 2 heterocycles. The van der Waals surface area contributed by atoms with E-state index in [4.69, 9.17) is 4.42 Å². The minimum atomic E-state index is -3.55. The van der Waals surface area contributed by atoms with Crippen LogP contribution in [-0.4, -0.2) is 46.0 Å². The van der Waals surface area contributed by atoms with Crippen LogP contribution >= 0.6 is 0 Å². The molecule has 2 rings (SSSR count). The van der Waals surface area contributed by atoms with Gasteiger partial charge in [-0.3, -0.25) is 0 Å². The first-order valence-corrected chi connectivity index (χ1v) is 8.85. The fourth-order valence-electron chi connectivity index (χ4n) is 2.39. The molecule has 21 heavy (non-hydrogen) atoms. The molecule has 0 saturated carbocycles. The van der Waals surface area contributed by atoms with E-state index in [9.17, 15) is 8.42 Å². The second-order valence-corrected chi connectivity index (χ2v) is 7.72. The van der Waals surface area contributed by atoms with E-state index in [1.54, 1.807) is 6.07 Å². The Hall–Kier alpha value is -0.890. The van der Waals surface area contributed by atoms with Gasteiger partial charge in [-0.1, -0.05) is 13.8 Å². The van der Waals surface area contributed by atoms with Crippen LogP contribution in [0.4, 0.5) is 0 Å². The zero-order chi connectivity index (χ0) is 15.5. The molecule has 1 atom stereocenters. The molecule has 0 radical (unpaired) electrons. The van der Waals surface area contributed by atoms with Crippen LogP contribution in [0.15, 0.2) is 21.6 Å². The number of rotatable bonds is 7. The molecule has 0 bridgehead atoms. The zero-order valence-corrected chi connectivity index (χ0v) is 13.7. The Balaban J connectivity index is 1.90. The van der Waals surface area contributed by atoms with Crippen molar-refractivity contribution in [3.05, 3.63) is 17.9 Å². The third kappa shape index (κ3) is 4.81. The number of hydrogen-bond acceptors (Lipinski definition) is 5. The average Bonchev–Trinajstić information content (AvgIpc) is 3.03. The molecule has 0 spiro atoms. The first-order chi connectivity index (χ1) is 9.87. The lowest BCUT2D eigenvalue weighted by atomic mass is 10.1. The van der Waals surface area contributed by atoms with E-state index in [1.165, 1.54) is 6.07 Å². The Bertz CT molecular complexity index is 554. The van der Waals surface area contributed by atoms with Gasteiger partial charge in [0.1, 0.15) is 5.76 Å². The molecule has 0 aromatic carbocycles. The number of sulfonamides is 1. The van der Waals surface area contributed by atoms with Crippen molar-refractivity contribution in [2.45, 2.75) is 37.9 Å². The maximum atomic E-state index is 12.2. The summed E-state index contributed by atoms with van der Waals surface area (Å²) < 4.78 is 32.4. The molecule has 1 aliphatic heterocycles. The highest BCUT2D eigenvalue weighted by Crippen LogP contribution is 2.16. The van der Waals surface area contributed by atoms with Crippen LogP contribution in [0.25, 0.3) is 0 Å². The lowest BCUT2D eigenvalue weighted by molar-refractivity contribution is 0.385. The summed E-state index contributed by atoms with van der Waals surface area (Å²) in [5.74, 6) is 1.01. The van der Waals surface area contributed by atoms with Crippen LogP contribution in [0.3, 0.4) is 0 Å². The summed E-state index contributed by atoms with van der Waals surface area (Å²) in [5.41, 5.74) is 0. The van der Waals surface area contributed by atoms with Crippen LogP contribution in [-0.2, 0) is 16.6 Å². The Morgan fingerprint density at radius 3 is 2.81 bits per heavy atom. The van der Waals surface area contributed by atoms with Crippen molar-refractivity contribution in [2.24, 2.45) is 5.92 Å². The van der Waals surface area contributed by atoms with Gasteiger partial charge in [-0.15, -0.1) is 0 Å². The summed E-state index contributed by atoms with van der Waals surface area (Å²) in [6.45, 7) is 7.01. The van der Waals surface area contributed by atoms with E-state index in [2.05, 4.69) is 22.0 Å². The third-order valence-corrected chi connectivity index (χ3v) is 4.93. The van der Waals surface area contributed by atoms with E-state index >= 15 is 0 Å². The minimum Gasteiger partial charge on any atom is -0.447 e. The summed E-state index contributed by atoms with van der Waals surface area (Å²) in [4.78, 5) is 2.21. The summed E-state index contributed by atoms with van der Waals surface area (Å²) in [7, 11) is -1.50. The molecule has 120 valence electrons. The molecule has 7 heteroatoms. The van der Waals surface area contributed by atoms with Gasteiger partial charge in [0.2, 0.25) is 5.09 Å². The lowest BCUT2D eigenvalue weighted by Crippen LogP contribution is -2.30. The molecule has 2 N–H and O–H groups in total. The van der Waals surface area contributed by atoms with Crippen molar-refractivity contribution in [2.75, 3.05) is 26.7 Å². The summed E-state index contributed by atoms with van der Waals surface area (Å²) in [6.07, 6.45) is 1.03. The molecular weight excluding hydrogens is 290 g/mol. The van der Waals surface area contributed by atoms with Crippen LogP contribution in [0, 0.1) is 5.92 Å². The van der Waals surface area contributed by atoms with E-state index in [0.717, 1.165) is 19.5 Å². The van der Waals surface area contributed by atoms with E-state index < -0.39 is 10.0 Å². The van der Waals surface area contributed by atoms with E-state index in [1.807, 2.05) is 13.8 Å². The fraction of sp³-hybridized carbons (Fsp3) is 0.714. The quantitative estimate of drug-likeness (QED) is 0.785. The number of nitrogens with one attached hydrogen (secondary N) is 2. The molecule has 1 aromatic heterocycles. The molecule has 1 aliphatic rings. The molecular formula is C14H25N3O3S. The van der Waals surface area contributed by atoms with Gasteiger partial charge in [0.15, 0.2) is 0 Å². The van der Waals surface area contributed by atoms with Gasteiger partial charge < -0.3 is 14.6 Å². The second kappa shape index (κ2) is 6.91. The first-order valence-electron chi connectivity index (χ1n) is 7.37. The van der Waals surface area contributed by atoms with Crippen molar-refractivity contribution in [1.82, 2.24) is 14.9 Å². The van der Waals surface area contributed by atoms with Gasteiger partial charge in [0.25, 0.3) is 10.0 Å². The molecule has 0 amide bonds. The monoisotopic (exact) mass is 315 g/mol. The van der Waals surface area contributed by atoms with E-state index in [0.29, 0.717) is 30.8 Å². The zero-order valence-electron chi connectivity index (χ0n) is 12.9. The minimum absolute atomic E-state index is 0.00518. The fourth-order valence-corrected chi connectivity index (χ4v) is 3.46. The largest absolute Gasteiger partial charge is 0.447 e. The van der Waals surface area contributed by atoms with Crippen molar-refractivity contribution < 1.29 is 12.8 Å². The predicted octanol–water partition coefficient (Wildman–Crippen LogP) is 1.01. The highest BCUT2D eigenvalue weighted by molar-refractivity contribution is 7.89. The Morgan fingerprint density at radius 2 is 2.19 bits per heavy atom. The number of nitrogens with zero attached hydrogens (tertiary/aromatic N) is 1. The second-order valence-electron chi connectivity index (χ2n) is 6.03. The maximum absolute atomic E-state index is 12.2. The SMILES string of the molecule is CC(C)NCc1ccc(S(=O)(=O)NCC2CCN(C)C2)o1. The van der Waals surface area contributed by atoms with Crippen molar-refractivity contribution in [1.29, 1.82) is 0 Å². The highest BCUT2D eigenvalue weighted by Gasteiger charge is 2.24. The topological polar surface area (TPSA) is 74.6 Å². The van der Waals surface area contributed by atoms with Crippen LogP contribution in [0.5, 0.6) is 0 Å². The number of furan rings is 1. The van der Waals surface area contributed by atoms with Gasteiger partial charge in [-0.2, -0.15) is 0 Å². The Morgan fingerprint density at radius 1 is 1.43 bits per heavy atom. The van der Waals surface area contributed by atoms with Crippen LogP contribution in [0.1, 0.15) is 26.0 Å². The molecule has 6 nitrogen and oxygen atoms in total. The summed E-state index contributed by atoms with van der Waals surface area (Å²) in [6, 6.07) is 3.54. The molecule has 0 aliphatic carbocycles. The smallest absolute Gasteiger partial charge is 0.273 e. The van der Waals surface area contributed by atoms with Gasteiger partial charge in [0.05, 0.1) is 6.54 Å². The predicted molar refractivity (Wildman–Crippen MR) is 81.5 cm³/mol. The first kappa shape index (κ1) is 16.5. The van der Waals surface area contributed by atoms with E-state index in [-0.39, 0.29) is 5.09 Å². The number of hydrogen-bond donors (Lipinski definition) is 2. The van der Waals surface area contributed by atoms with Gasteiger partial charge in [0, 0.05) is 19.1 Å². The standard InChI is InChI=1S/C14H25N3O3S/c1-11(2)15-9-13-4-5-14(20-13)21(18,19)16-8-12-6-7-17(3)10-12/h4-5,11-12,15-16H,6-10H2,1-3H3. The highest BCUT2D eigenvalue weighted by atomic mass is 32.2. The van der Waals surface area contributed by atoms with Gasteiger partial charge in [-0.25, -0.2) is 13.1 Å². The Labute approximate surface area is 126 Å². The number of likely N-dealkylation sites (tertiary alicyclic amines) is 1. The summed E-state index contributed by atoms with van der Waals surface area (Å²) in [5, 5.41) is 3.19. The molecule has 1 fully saturated rings. The van der Waals surface area contributed by atoms with Crippen LogP contribution < -0.4 is 10.0 Å². The molecule has 1 aromatic rings.